The number of carbonyl (C=O) groups is 3. The van der Waals surface area contributed by atoms with Crippen molar-refractivity contribution in [3.63, 3.8) is 0 Å². The number of hydrogen-bond donors (Lipinski definition) is 0. The van der Waals surface area contributed by atoms with Crippen molar-refractivity contribution in [2.45, 2.75) is 32.0 Å². The SMILES string of the molecule is CCOC(=O)[C@H]1[C@H]2COc3ccc(Cl)cc3[C@@H]2N2C(=O)CN(Cc3ccc(Cl)cc3)C(=O)[C@@]12C. The minimum atomic E-state index is -1.42. The second kappa shape index (κ2) is 8.47. The average molecular weight is 503 g/mol. The van der Waals surface area contributed by atoms with Gasteiger partial charge in [0, 0.05) is 28.1 Å². The van der Waals surface area contributed by atoms with Gasteiger partial charge >= 0.3 is 5.97 Å². The molecular formula is C25H24Cl2N2O5. The van der Waals surface area contributed by atoms with Crippen LogP contribution in [0.2, 0.25) is 10.0 Å². The van der Waals surface area contributed by atoms with Crippen molar-refractivity contribution in [1.82, 2.24) is 9.80 Å². The van der Waals surface area contributed by atoms with E-state index in [2.05, 4.69) is 0 Å². The Kier molecular flexibility index (Phi) is 5.73. The molecule has 0 unspecified atom stereocenters. The Bertz CT molecular complexity index is 1170. The molecule has 2 amide bonds. The molecule has 2 saturated heterocycles. The fraction of sp³-hybridized carbons (Fsp3) is 0.400. The molecule has 3 aliphatic rings. The number of nitrogens with zero attached hydrogens (tertiary/aromatic N) is 2. The van der Waals surface area contributed by atoms with E-state index in [1.165, 1.54) is 4.90 Å². The second-order valence-electron chi connectivity index (χ2n) is 9.03. The second-order valence-corrected chi connectivity index (χ2v) is 9.90. The molecule has 0 saturated carbocycles. The van der Waals surface area contributed by atoms with E-state index in [4.69, 9.17) is 32.7 Å². The van der Waals surface area contributed by atoms with Crippen LogP contribution < -0.4 is 4.74 Å². The fourth-order valence-corrected chi connectivity index (χ4v) is 6.02. The van der Waals surface area contributed by atoms with Crippen LogP contribution in [0.15, 0.2) is 42.5 Å². The van der Waals surface area contributed by atoms with Crippen molar-refractivity contribution >= 4 is 41.0 Å². The lowest BCUT2D eigenvalue weighted by molar-refractivity contribution is -0.170. The maximum Gasteiger partial charge on any atom is 0.312 e. The molecule has 2 aromatic rings. The van der Waals surface area contributed by atoms with E-state index in [0.29, 0.717) is 21.4 Å². The third-order valence-corrected chi connectivity index (χ3v) is 7.57. The highest BCUT2D eigenvalue weighted by molar-refractivity contribution is 6.31. The van der Waals surface area contributed by atoms with Gasteiger partial charge in [0.1, 0.15) is 17.8 Å². The van der Waals surface area contributed by atoms with Crippen molar-refractivity contribution in [2.75, 3.05) is 19.8 Å². The van der Waals surface area contributed by atoms with E-state index in [9.17, 15) is 14.4 Å². The largest absolute Gasteiger partial charge is 0.493 e. The number of esters is 1. The van der Waals surface area contributed by atoms with E-state index < -0.39 is 29.4 Å². The molecule has 3 heterocycles. The van der Waals surface area contributed by atoms with Crippen molar-refractivity contribution < 1.29 is 23.9 Å². The number of ether oxygens (including phenoxy) is 2. The minimum absolute atomic E-state index is 0.0907. The fourth-order valence-electron chi connectivity index (χ4n) is 5.71. The van der Waals surface area contributed by atoms with Crippen LogP contribution in [0.25, 0.3) is 0 Å². The van der Waals surface area contributed by atoms with Crippen LogP contribution in [0.4, 0.5) is 0 Å². The zero-order chi connectivity index (χ0) is 24.2. The Labute approximate surface area is 207 Å². The summed E-state index contributed by atoms with van der Waals surface area (Å²) < 4.78 is 11.4. The molecular weight excluding hydrogens is 479 g/mol. The van der Waals surface area contributed by atoms with Gasteiger partial charge in [0.15, 0.2) is 0 Å². The lowest BCUT2D eigenvalue weighted by Crippen LogP contribution is -2.67. The third-order valence-electron chi connectivity index (χ3n) is 7.08. The molecule has 0 N–H and O–H groups in total. The summed E-state index contributed by atoms with van der Waals surface area (Å²) >= 11 is 12.3. The maximum atomic E-state index is 14.0. The molecule has 0 spiro atoms. The summed E-state index contributed by atoms with van der Waals surface area (Å²) in [5.41, 5.74) is 0.122. The van der Waals surface area contributed by atoms with E-state index in [1.54, 1.807) is 49.1 Å². The van der Waals surface area contributed by atoms with Crippen LogP contribution in [-0.2, 0) is 25.7 Å². The highest BCUT2D eigenvalue weighted by atomic mass is 35.5. The summed E-state index contributed by atoms with van der Waals surface area (Å²) in [4.78, 5) is 44.0. The maximum absolute atomic E-state index is 14.0. The molecule has 34 heavy (non-hydrogen) atoms. The summed E-state index contributed by atoms with van der Waals surface area (Å²) in [6.45, 7) is 3.89. The number of piperazine rings is 1. The van der Waals surface area contributed by atoms with Crippen molar-refractivity contribution in [3.05, 3.63) is 63.6 Å². The van der Waals surface area contributed by atoms with Gasteiger partial charge in [-0.15, -0.1) is 0 Å². The van der Waals surface area contributed by atoms with E-state index >= 15 is 0 Å². The summed E-state index contributed by atoms with van der Waals surface area (Å²) in [5.74, 6) is -1.76. The van der Waals surface area contributed by atoms with Crippen LogP contribution in [0.3, 0.4) is 0 Å². The number of rotatable bonds is 4. The van der Waals surface area contributed by atoms with Crippen LogP contribution in [0.5, 0.6) is 5.75 Å². The van der Waals surface area contributed by atoms with Gasteiger partial charge in [-0.05, 0) is 49.7 Å². The molecule has 0 aromatic heterocycles. The van der Waals surface area contributed by atoms with Gasteiger partial charge in [0.2, 0.25) is 11.8 Å². The lowest BCUT2D eigenvalue weighted by Gasteiger charge is -2.47. The number of carbonyl (C=O) groups excluding carboxylic acids is 3. The van der Waals surface area contributed by atoms with E-state index in [-0.39, 0.29) is 38.1 Å². The summed E-state index contributed by atoms with van der Waals surface area (Å²) in [5, 5.41) is 1.08. The summed E-state index contributed by atoms with van der Waals surface area (Å²) in [6.07, 6.45) is 0. The first kappa shape index (κ1) is 23.0. The smallest absolute Gasteiger partial charge is 0.312 e. The molecule has 0 bridgehead atoms. The predicted molar refractivity (Wildman–Crippen MR) is 125 cm³/mol. The Hall–Kier alpha value is -2.77. The predicted octanol–water partition coefficient (Wildman–Crippen LogP) is 3.87. The van der Waals surface area contributed by atoms with E-state index in [0.717, 1.165) is 5.56 Å². The number of halogens is 2. The molecule has 3 aliphatic heterocycles. The van der Waals surface area contributed by atoms with Crippen LogP contribution in [0, 0.1) is 11.8 Å². The van der Waals surface area contributed by atoms with Crippen molar-refractivity contribution in [3.8, 4) is 5.75 Å². The molecule has 4 atom stereocenters. The minimum Gasteiger partial charge on any atom is -0.493 e. The normalized spacial score (nSPS) is 27.6. The third kappa shape index (κ3) is 3.45. The molecule has 5 rings (SSSR count). The van der Waals surface area contributed by atoms with Gasteiger partial charge in [0.05, 0.1) is 25.2 Å². The first-order valence-electron chi connectivity index (χ1n) is 11.2. The number of fused-ring (bicyclic) bond motifs is 5. The number of hydrogen-bond acceptors (Lipinski definition) is 5. The summed E-state index contributed by atoms with van der Waals surface area (Å²) in [7, 11) is 0. The summed E-state index contributed by atoms with van der Waals surface area (Å²) in [6, 6.07) is 11.8. The van der Waals surface area contributed by atoms with Gasteiger partial charge in [-0.25, -0.2) is 0 Å². The lowest BCUT2D eigenvalue weighted by atomic mass is 9.77. The molecule has 0 radical (unpaired) electrons. The quantitative estimate of drug-likeness (QED) is 0.593. The molecule has 2 fully saturated rings. The first-order valence-corrected chi connectivity index (χ1v) is 12.0. The Morgan fingerprint density at radius 2 is 1.85 bits per heavy atom. The molecule has 2 aromatic carbocycles. The number of amides is 2. The van der Waals surface area contributed by atoms with Gasteiger partial charge in [-0.3, -0.25) is 14.4 Å². The molecule has 0 aliphatic carbocycles. The Morgan fingerprint density at radius 3 is 2.56 bits per heavy atom. The zero-order valence-electron chi connectivity index (χ0n) is 18.8. The molecule has 7 nitrogen and oxygen atoms in total. The van der Waals surface area contributed by atoms with Crippen molar-refractivity contribution in [1.29, 1.82) is 0 Å². The Balaban J connectivity index is 1.59. The van der Waals surface area contributed by atoms with Crippen LogP contribution >= 0.6 is 23.2 Å². The highest BCUT2D eigenvalue weighted by Gasteiger charge is 2.69. The van der Waals surface area contributed by atoms with Crippen LogP contribution in [-0.4, -0.2) is 52.9 Å². The number of benzene rings is 2. The average Bonchev–Trinajstić information content (AvgIpc) is 3.09. The first-order chi connectivity index (χ1) is 16.3. The van der Waals surface area contributed by atoms with E-state index in [1.807, 2.05) is 12.1 Å². The van der Waals surface area contributed by atoms with Gasteiger partial charge in [-0.2, -0.15) is 0 Å². The van der Waals surface area contributed by atoms with Gasteiger partial charge in [0.25, 0.3) is 0 Å². The zero-order valence-corrected chi connectivity index (χ0v) is 20.3. The highest BCUT2D eigenvalue weighted by Crippen LogP contribution is 2.57. The molecule has 178 valence electrons. The van der Waals surface area contributed by atoms with Gasteiger partial charge in [-0.1, -0.05) is 35.3 Å². The Morgan fingerprint density at radius 1 is 1.15 bits per heavy atom. The molecule has 9 heteroatoms. The van der Waals surface area contributed by atoms with Gasteiger partial charge < -0.3 is 19.3 Å². The van der Waals surface area contributed by atoms with Crippen LogP contribution in [0.1, 0.15) is 31.0 Å². The monoisotopic (exact) mass is 502 g/mol. The van der Waals surface area contributed by atoms with Crippen molar-refractivity contribution in [2.24, 2.45) is 11.8 Å². The topological polar surface area (TPSA) is 76.2 Å². The standard InChI is InChI=1S/C25H24Cl2N2O5/c1-3-33-23(31)21-18-13-34-19-9-8-16(27)10-17(19)22(18)29-20(30)12-28(24(32)25(21,29)2)11-14-4-6-15(26)7-5-14/h4-10,18,21-22H,3,11-13H2,1-2H3/t18-,21-,22+,25-/m1/s1.